The Morgan fingerprint density at radius 3 is 3.07 bits per heavy atom. The molecule has 1 aromatic rings. The molecule has 4 heteroatoms. The SMILES string of the molecule is Fc1ccccc1OCC1CNCCO1. The van der Waals surface area contributed by atoms with Crippen LogP contribution in [0.2, 0.25) is 0 Å². The van der Waals surface area contributed by atoms with E-state index in [1.165, 1.54) is 6.07 Å². The van der Waals surface area contributed by atoms with Crippen LogP contribution in [0.5, 0.6) is 5.75 Å². The molecule has 1 aromatic carbocycles. The number of nitrogens with one attached hydrogen (secondary N) is 1. The maximum Gasteiger partial charge on any atom is 0.165 e. The van der Waals surface area contributed by atoms with Crippen LogP contribution in [0.3, 0.4) is 0 Å². The van der Waals surface area contributed by atoms with Gasteiger partial charge in [-0.3, -0.25) is 0 Å². The van der Waals surface area contributed by atoms with E-state index in [-0.39, 0.29) is 17.7 Å². The molecule has 0 amide bonds. The Hall–Kier alpha value is -1.13. The van der Waals surface area contributed by atoms with Gasteiger partial charge in [-0.1, -0.05) is 12.1 Å². The molecule has 1 fully saturated rings. The quantitative estimate of drug-likeness (QED) is 0.814. The van der Waals surface area contributed by atoms with Gasteiger partial charge in [0, 0.05) is 13.1 Å². The Morgan fingerprint density at radius 1 is 1.47 bits per heavy atom. The summed E-state index contributed by atoms with van der Waals surface area (Å²) in [7, 11) is 0. The first-order valence-corrected chi connectivity index (χ1v) is 5.06. The molecule has 0 aliphatic carbocycles. The van der Waals surface area contributed by atoms with E-state index in [4.69, 9.17) is 9.47 Å². The summed E-state index contributed by atoms with van der Waals surface area (Å²) in [5.74, 6) is -0.0482. The third-order valence-electron chi connectivity index (χ3n) is 2.27. The molecule has 1 atom stereocenters. The number of halogens is 1. The smallest absolute Gasteiger partial charge is 0.165 e. The summed E-state index contributed by atoms with van der Waals surface area (Å²) in [4.78, 5) is 0. The van der Waals surface area contributed by atoms with E-state index in [2.05, 4.69) is 5.32 Å². The van der Waals surface area contributed by atoms with Crippen LogP contribution in [0.4, 0.5) is 4.39 Å². The highest BCUT2D eigenvalue weighted by Crippen LogP contribution is 2.15. The molecule has 1 aliphatic rings. The van der Waals surface area contributed by atoms with E-state index in [1.54, 1.807) is 18.2 Å². The van der Waals surface area contributed by atoms with E-state index in [0.29, 0.717) is 13.2 Å². The van der Waals surface area contributed by atoms with Crippen molar-refractivity contribution in [3.63, 3.8) is 0 Å². The van der Waals surface area contributed by atoms with Crippen molar-refractivity contribution < 1.29 is 13.9 Å². The molecule has 0 saturated carbocycles. The zero-order valence-corrected chi connectivity index (χ0v) is 8.41. The Morgan fingerprint density at radius 2 is 2.33 bits per heavy atom. The minimum absolute atomic E-state index is 0.0124. The van der Waals surface area contributed by atoms with Crippen LogP contribution in [0.1, 0.15) is 0 Å². The molecule has 0 radical (unpaired) electrons. The summed E-state index contributed by atoms with van der Waals surface area (Å²) >= 11 is 0. The second-order valence-corrected chi connectivity index (χ2v) is 3.44. The summed E-state index contributed by atoms with van der Waals surface area (Å²) in [6.07, 6.45) is 0.0124. The minimum atomic E-state index is -0.332. The van der Waals surface area contributed by atoms with Crippen LogP contribution in [0.25, 0.3) is 0 Å². The lowest BCUT2D eigenvalue weighted by Crippen LogP contribution is -2.41. The van der Waals surface area contributed by atoms with E-state index in [1.807, 2.05) is 0 Å². The third kappa shape index (κ3) is 2.91. The van der Waals surface area contributed by atoms with Crippen LogP contribution in [0.15, 0.2) is 24.3 Å². The van der Waals surface area contributed by atoms with Gasteiger partial charge in [0.25, 0.3) is 0 Å². The fraction of sp³-hybridized carbons (Fsp3) is 0.455. The number of hydrogen-bond donors (Lipinski definition) is 1. The maximum atomic E-state index is 13.2. The Labute approximate surface area is 88.2 Å². The molecule has 15 heavy (non-hydrogen) atoms. The molecular formula is C11H14FNO2. The molecular weight excluding hydrogens is 197 g/mol. The maximum absolute atomic E-state index is 13.2. The summed E-state index contributed by atoms with van der Waals surface area (Å²) in [6.45, 7) is 2.70. The van der Waals surface area contributed by atoms with Gasteiger partial charge in [0.15, 0.2) is 11.6 Å². The number of hydrogen-bond acceptors (Lipinski definition) is 3. The van der Waals surface area contributed by atoms with Crippen molar-refractivity contribution in [1.29, 1.82) is 0 Å². The molecule has 3 nitrogen and oxygen atoms in total. The fourth-order valence-electron chi connectivity index (χ4n) is 1.47. The number of rotatable bonds is 3. The van der Waals surface area contributed by atoms with Crippen LogP contribution in [0, 0.1) is 5.82 Å². The molecule has 1 saturated heterocycles. The van der Waals surface area contributed by atoms with Crippen LogP contribution in [-0.2, 0) is 4.74 Å². The van der Waals surface area contributed by atoms with Gasteiger partial charge in [-0.15, -0.1) is 0 Å². The number of ether oxygens (including phenoxy) is 2. The van der Waals surface area contributed by atoms with Crippen molar-refractivity contribution in [2.45, 2.75) is 6.10 Å². The summed E-state index contributed by atoms with van der Waals surface area (Å²) in [5, 5.41) is 3.19. The summed E-state index contributed by atoms with van der Waals surface area (Å²) in [6, 6.07) is 6.39. The fourth-order valence-corrected chi connectivity index (χ4v) is 1.47. The zero-order valence-electron chi connectivity index (χ0n) is 8.41. The van der Waals surface area contributed by atoms with E-state index >= 15 is 0 Å². The second-order valence-electron chi connectivity index (χ2n) is 3.44. The molecule has 1 aliphatic heterocycles. The average Bonchev–Trinajstić information content (AvgIpc) is 2.29. The lowest BCUT2D eigenvalue weighted by Gasteiger charge is -2.23. The summed E-state index contributed by atoms with van der Waals surface area (Å²) < 4.78 is 23.9. The van der Waals surface area contributed by atoms with Crippen molar-refractivity contribution in [2.24, 2.45) is 0 Å². The van der Waals surface area contributed by atoms with Gasteiger partial charge in [-0.2, -0.15) is 0 Å². The highest BCUT2D eigenvalue weighted by molar-refractivity contribution is 5.23. The first-order chi connectivity index (χ1) is 7.36. The predicted molar refractivity (Wildman–Crippen MR) is 54.5 cm³/mol. The lowest BCUT2D eigenvalue weighted by molar-refractivity contribution is -0.000537. The third-order valence-corrected chi connectivity index (χ3v) is 2.27. The standard InChI is InChI=1S/C11H14FNO2/c12-10-3-1-2-4-11(10)15-8-9-7-13-5-6-14-9/h1-4,9,13H,5-8H2. The van der Waals surface area contributed by atoms with E-state index in [9.17, 15) is 4.39 Å². The number of para-hydroxylation sites is 1. The van der Waals surface area contributed by atoms with Crippen molar-refractivity contribution >= 4 is 0 Å². The molecule has 1 N–H and O–H groups in total. The molecule has 0 spiro atoms. The van der Waals surface area contributed by atoms with E-state index in [0.717, 1.165) is 13.1 Å². The van der Waals surface area contributed by atoms with Gasteiger partial charge < -0.3 is 14.8 Å². The highest BCUT2D eigenvalue weighted by atomic mass is 19.1. The Bertz CT molecular complexity index is 313. The molecule has 1 unspecified atom stereocenters. The van der Waals surface area contributed by atoms with Crippen molar-refractivity contribution in [3.05, 3.63) is 30.1 Å². The first-order valence-electron chi connectivity index (χ1n) is 5.06. The number of morpholine rings is 1. The van der Waals surface area contributed by atoms with Gasteiger partial charge in [0.2, 0.25) is 0 Å². The topological polar surface area (TPSA) is 30.5 Å². The minimum Gasteiger partial charge on any atom is -0.488 e. The van der Waals surface area contributed by atoms with Crippen molar-refractivity contribution in [3.8, 4) is 5.75 Å². The highest BCUT2D eigenvalue weighted by Gasteiger charge is 2.14. The molecule has 1 heterocycles. The average molecular weight is 211 g/mol. The van der Waals surface area contributed by atoms with Crippen molar-refractivity contribution in [1.82, 2.24) is 5.32 Å². The number of benzene rings is 1. The van der Waals surface area contributed by atoms with Crippen molar-refractivity contribution in [2.75, 3.05) is 26.3 Å². The molecule has 82 valence electrons. The second kappa shape index (κ2) is 5.09. The Balaban J connectivity index is 1.84. The molecule has 0 aromatic heterocycles. The predicted octanol–water partition coefficient (Wildman–Crippen LogP) is 1.19. The summed E-state index contributed by atoms with van der Waals surface area (Å²) in [5.41, 5.74) is 0. The van der Waals surface area contributed by atoms with Crippen LogP contribution < -0.4 is 10.1 Å². The van der Waals surface area contributed by atoms with Crippen LogP contribution in [-0.4, -0.2) is 32.4 Å². The first kappa shape index (κ1) is 10.4. The lowest BCUT2D eigenvalue weighted by atomic mass is 10.3. The van der Waals surface area contributed by atoms with Gasteiger partial charge in [-0.25, -0.2) is 4.39 Å². The normalized spacial score (nSPS) is 21.3. The molecule has 0 bridgehead atoms. The van der Waals surface area contributed by atoms with Gasteiger partial charge >= 0.3 is 0 Å². The van der Waals surface area contributed by atoms with Crippen LogP contribution >= 0.6 is 0 Å². The zero-order chi connectivity index (χ0) is 10.5. The van der Waals surface area contributed by atoms with Gasteiger partial charge in [0.1, 0.15) is 12.7 Å². The molecule has 2 rings (SSSR count). The van der Waals surface area contributed by atoms with E-state index < -0.39 is 0 Å². The largest absolute Gasteiger partial charge is 0.488 e. The Kier molecular flexibility index (Phi) is 3.53. The van der Waals surface area contributed by atoms with Gasteiger partial charge in [0.05, 0.1) is 6.61 Å². The monoisotopic (exact) mass is 211 g/mol. The van der Waals surface area contributed by atoms with Gasteiger partial charge in [-0.05, 0) is 12.1 Å².